The van der Waals surface area contributed by atoms with Gasteiger partial charge in [0.25, 0.3) is 5.91 Å². The summed E-state index contributed by atoms with van der Waals surface area (Å²) in [6.45, 7) is 1.62. The summed E-state index contributed by atoms with van der Waals surface area (Å²) < 4.78 is 0.210. The van der Waals surface area contributed by atoms with Crippen molar-refractivity contribution in [3.05, 3.63) is 285 Å². The Kier molecular flexibility index (Phi) is 16.0. The van der Waals surface area contributed by atoms with Gasteiger partial charge in [-0.25, -0.2) is 9.97 Å². The number of hydrogen-bond donors (Lipinski definition) is 1. The third kappa shape index (κ3) is 11.7. The molecule has 402 valence electrons. The molecule has 0 atom stereocenters. The third-order valence-corrected chi connectivity index (χ3v) is 15.9. The first kappa shape index (κ1) is 55.5. The van der Waals surface area contributed by atoms with E-state index in [4.69, 9.17) is 32.2 Å². The number of thiocarbonyl (C=S) groups is 1. The van der Waals surface area contributed by atoms with E-state index in [9.17, 15) is 14.7 Å². The summed E-state index contributed by atoms with van der Waals surface area (Å²) in [6.07, 6.45) is 12.1. The predicted octanol–water partition coefficient (Wildman–Crippen LogP) is 16.3. The van der Waals surface area contributed by atoms with Gasteiger partial charge in [-0.1, -0.05) is 218 Å². The van der Waals surface area contributed by atoms with E-state index in [1.54, 1.807) is 6.08 Å². The minimum Gasteiger partial charge on any atom is -0.656 e. The fourth-order valence-electron chi connectivity index (χ4n) is 10.6. The van der Waals surface area contributed by atoms with Crippen molar-refractivity contribution < 1.29 is 34.2 Å². The van der Waals surface area contributed by atoms with Gasteiger partial charge in [0.15, 0.2) is 0 Å². The van der Waals surface area contributed by atoms with Crippen LogP contribution in [-0.4, -0.2) is 42.7 Å². The van der Waals surface area contributed by atoms with Crippen molar-refractivity contribution in [2.75, 3.05) is 11.4 Å². The number of aromatic nitrogens is 4. The third-order valence-electron chi connectivity index (χ3n) is 14.5. The van der Waals surface area contributed by atoms with Crippen LogP contribution in [0, 0.1) is 18.8 Å². The number of aliphatic carboxylic acids is 1. The molecule has 0 saturated carbocycles. The number of hydrogen-bond acceptors (Lipinski definition) is 7. The first-order chi connectivity index (χ1) is 41.2. The number of fused-ring (bicyclic) bond motifs is 8. The Morgan fingerprint density at radius 2 is 1.12 bits per heavy atom. The Labute approximate surface area is 514 Å². The molecule has 3 aliphatic heterocycles. The van der Waals surface area contributed by atoms with Crippen LogP contribution in [-0.2, 0) is 29.1 Å². The monoisotopic (exact) mass is 1180 g/mol. The average molecular weight is 1190 g/mol. The molecule has 3 aromatic heterocycles. The number of nitrogens with zero attached hydrogens (tertiary/aromatic N) is 6. The van der Waals surface area contributed by atoms with Gasteiger partial charge < -0.3 is 20.0 Å². The zero-order valence-corrected chi connectivity index (χ0v) is 50.5. The van der Waals surface area contributed by atoms with E-state index in [2.05, 4.69) is 175 Å². The van der Waals surface area contributed by atoms with E-state index in [-0.39, 0.29) is 23.8 Å². The number of carboxylic acids is 1. The molecule has 1 fully saturated rings. The summed E-state index contributed by atoms with van der Waals surface area (Å²) in [4.78, 5) is 50.1. The van der Waals surface area contributed by atoms with Gasteiger partial charge in [0.2, 0.25) is 0 Å². The Morgan fingerprint density at radius 3 is 1.72 bits per heavy atom. The predicted molar refractivity (Wildman–Crippen MR) is 347 cm³/mol. The van der Waals surface area contributed by atoms with Crippen LogP contribution in [0.25, 0.3) is 86.3 Å². The van der Waals surface area contributed by atoms with Gasteiger partial charge >= 0.3 is 25.4 Å². The normalized spacial score (nSPS) is 12.9. The van der Waals surface area contributed by atoms with Gasteiger partial charge in [-0.05, 0) is 135 Å². The number of carbonyl (C=O) groups is 2. The van der Waals surface area contributed by atoms with Crippen LogP contribution in [0.4, 0.5) is 17.1 Å². The van der Waals surface area contributed by atoms with Crippen LogP contribution < -0.4 is 14.9 Å². The number of amides is 1. The number of rotatable bonds is 11. The van der Waals surface area contributed by atoms with Crippen molar-refractivity contribution in [3.63, 3.8) is 0 Å². The summed E-state index contributed by atoms with van der Waals surface area (Å²) in [5, 5.41) is 9.32. The molecule has 12 heteroatoms. The maximum Gasteiger partial charge on any atom is 2.00 e. The van der Waals surface area contributed by atoms with E-state index in [1.165, 1.54) is 0 Å². The zero-order valence-electron chi connectivity index (χ0n) is 45.9. The molecule has 7 aromatic carbocycles. The van der Waals surface area contributed by atoms with E-state index in [1.807, 2.05) is 97.1 Å². The fourth-order valence-corrected chi connectivity index (χ4v) is 11.8. The first-order valence-corrected chi connectivity index (χ1v) is 28.4. The standard InChI is InChI=1S/C73H50N6O3S2.Zn/c1-47-15-14-24-56(43-47)79(55-32-29-49(30-33-55)44-58(51-16-6-2-7-17-51)52-18-8-3-9-19-52)71-65-41-39-63(76-65)69(53-20-10-4-11-21-53)61-37-35-59(74-61)57(60-36-38-62(75-60)70(54-22-12-5-13-23-54)64-40-42-66(71)77-64)34-31-48-25-27-50(28-26-48)45-67-72(82)78(46-68(80)81)73(83)84-67;/h2-30,32-33,35-45H,46H2,1H3,(H3,74,75,76,77,80,81,82);/q;+2/p-2. The molecule has 3 aliphatic rings. The maximum absolute atomic E-state index is 13.0. The van der Waals surface area contributed by atoms with E-state index < -0.39 is 18.4 Å². The summed E-state index contributed by atoms with van der Waals surface area (Å²) >= 11 is 6.40. The topological polar surface area (TPSA) is 115 Å². The molecular formula is C73H48N6O3S2Zn. The number of carbonyl (C=O) groups excluding carboxylic acids is 1. The molecule has 1 saturated heterocycles. The summed E-state index contributed by atoms with van der Waals surface area (Å²) in [6, 6.07) is 74.4. The Balaban J connectivity index is 0.00000709. The molecule has 6 heterocycles. The second-order valence-corrected chi connectivity index (χ2v) is 21.8. The zero-order chi connectivity index (χ0) is 57.1. The summed E-state index contributed by atoms with van der Waals surface area (Å²) in [5.41, 5.74) is 19.5. The Hall–Kier alpha value is -10.0. The van der Waals surface area contributed by atoms with Crippen molar-refractivity contribution in [2.24, 2.45) is 0 Å². The van der Waals surface area contributed by atoms with E-state index in [0.717, 1.165) is 117 Å². The Bertz CT molecular complexity index is 4540. The van der Waals surface area contributed by atoms with Crippen LogP contribution in [0.15, 0.2) is 223 Å². The van der Waals surface area contributed by atoms with Gasteiger partial charge in [-0.2, -0.15) is 0 Å². The molecular weight excluding hydrogens is 1140 g/mol. The molecule has 1 amide bonds. The van der Waals surface area contributed by atoms with Crippen LogP contribution >= 0.6 is 24.0 Å². The molecule has 0 unspecified atom stereocenters. The largest absolute Gasteiger partial charge is 2.00 e. The van der Waals surface area contributed by atoms with Crippen molar-refractivity contribution in [2.45, 2.75) is 6.92 Å². The minimum absolute atomic E-state index is 0. The number of thioether (sulfide) groups is 1. The van der Waals surface area contributed by atoms with Crippen molar-refractivity contribution >= 4 is 121 Å². The van der Waals surface area contributed by atoms with Crippen LogP contribution in [0.1, 0.15) is 61.7 Å². The molecule has 1 N–H and O–H groups in total. The Morgan fingerprint density at radius 1 is 0.588 bits per heavy atom. The van der Waals surface area contributed by atoms with Gasteiger partial charge in [-0.3, -0.25) is 14.5 Å². The smallest absolute Gasteiger partial charge is 0.656 e. The molecule has 0 aliphatic carbocycles. The van der Waals surface area contributed by atoms with Gasteiger partial charge in [0.05, 0.1) is 33.4 Å². The molecule has 8 bridgehead atoms. The summed E-state index contributed by atoms with van der Waals surface area (Å²) in [5.74, 6) is 5.30. The number of carboxylic acid groups (broad SMARTS) is 1. The van der Waals surface area contributed by atoms with Gasteiger partial charge in [0.1, 0.15) is 10.9 Å². The van der Waals surface area contributed by atoms with Crippen molar-refractivity contribution in [1.82, 2.24) is 24.8 Å². The molecule has 0 radical (unpaired) electrons. The molecule has 10 aromatic rings. The van der Waals surface area contributed by atoms with E-state index in [0.29, 0.717) is 32.9 Å². The van der Waals surface area contributed by atoms with Crippen LogP contribution in [0.2, 0.25) is 0 Å². The average Bonchev–Trinajstić information content (AvgIpc) is 2.69. The van der Waals surface area contributed by atoms with Gasteiger partial charge in [0, 0.05) is 22.5 Å². The first-order valence-electron chi connectivity index (χ1n) is 27.2. The van der Waals surface area contributed by atoms with Crippen LogP contribution in [0.5, 0.6) is 0 Å². The van der Waals surface area contributed by atoms with E-state index >= 15 is 0 Å². The molecule has 0 spiro atoms. The SMILES string of the molecule is Cc1cccc(N(c2ccc(C=C(c3ccccc3)c3ccccc3)cc2)c2c3nc(c(-c4ccccc4)c4ccc([n-]4)c(C#Cc4ccc(C=C5SC(=S)N(CC(=O)O)C5=O)cc4)c4nc(c(-c5ccccc5)c5ccc2[n-]5)C=C4)C=C3)c1.[Zn+2]. The minimum atomic E-state index is -1.13. The maximum atomic E-state index is 13.0. The quantitative estimate of drug-likeness (QED) is 0.0441. The molecule has 13 rings (SSSR count). The van der Waals surface area contributed by atoms with Gasteiger partial charge in [-0.15, -0.1) is 22.1 Å². The molecule has 9 nitrogen and oxygen atoms in total. The molecule has 85 heavy (non-hydrogen) atoms. The van der Waals surface area contributed by atoms with Crippen molar-refractivity contribution in [1.29, 1.82) is 0 Å². The number of aryl methyl sites for hydroxylation is 1. The number of benzene rings is 7. The van der Waals surface area contributed by atoms with Crippen molar-refractivity contribution in [3.8, 4) is 34.1 Å². The summed E-state index contributed by atoms with van der Waals surface area (Å²) in [7, 11) is 0. The second kappa shape index (κ2) is 24.4. The second-order valence-electron chi connectivity index (χ2n) is 20.2. The fraction of sp³-hybridized carbons (Fsp3) is 0.0274. The number of anilines is 3. The van der Waals surface area contributed by atoms with Crippen LogP contribution in [0.3, 0.4) is 0 Å².